The van der Waals surface area contributed by atoms with Crippen LogP contribution in [0.15, 0.2) is 47.6 Å². The van der Waals surface area contributed by atoms with Crippen LogP contribution in [0.2, 0.25) is 0 Å². The summed E-state index contributed by atoms with van der Waals surface area (Å²) in [4.78, 5) is 17.7. The molecule has 0 saturated heterocycles. The summed E-state index contributed by atoms with van der Waals surface area (Å²) in [5.41, 5.74) is 2.19. The first-order valence-electron chi connectivity index (χ1n) is 9.98. The number of ether oxygens (including phenoxy) is 1. The van der Waals surface area contributed by atoms with E-state index in [0.29, 0.717) is 19.2 Å². The Morgan fingerprint density at radius 3 is 2.75 bits per heavy atom. The van der Waals surface area contributed by atoms with Crippen molar-refractivity contribution in [1.29, 1.82) is 0 Å². The SMILES string of the molecule is CCOc1ccc(SNC2CCC(C(=O)NCc3cccnc3)CC2)cc1C. The molecule has 2 N–H and O–H groups in total. The molecule has 6 heteroatoms. The Balaban J connectivity index is 1.39. The Kier molecular flexibility index (Phi) is 7.74. The zero-order valence-electron chi connectivity index (χ0n) is 16.6. The van der Waals surface area contributed by atoms with Crippen LogP contribution < -0.4 is 14.8 Å². The van der Waals surface area contributed by atoms with Gasteiger partial charge in [0.15, 0.2) is 0 Å². The Bertz CT molecular complexity index is 762. The van der Waals surface area contributed by atoms with E-state index in [9.17, 15) is 4.79 Å². The first-order valence-corrected chi connectivity index (χ1v) is 10.8. The number of carbonyl (C=O) groups excluding carboxylic acids is 1. The molecule has 1 aliphatic carbocycles. The van der Waals surface area contributed by atoms with Crippen LogP contribution in [-0.4, -0.2) is 23.5 Å². The highest BCUT2D eigenvalue weighted by molar-refractivity contribution is 7.97. The second-order valence-corrected chi connectivity index (χ2v) is 8.12. The molecule has 3 rings (SSSR count). The average molecular weight is 400 g/mol. The van der Waals surface area contributed by atoms with E-state index in [1.165, 1.54) is 4.90 Å². The lowest BCUT2D eigenvalue weighted by atomic mass is 9.86. The first-order chi connectivity index (χ1) is 13.7. The van der Waals surface area contributed by atoms with Crippen LogP contribution in [0.4, 0.5) is 0 Å². The van der Waals surface area contributed by atoms with Gasteiger partial charge in [0.1, 0.15) is 5.75 Å². The van der Waals surface area contributed by atoms with Crippen molar-refractivity contribution in [1.82, 2.24) is 15.0 Å². The summed E-state index contributed by atoms with van der Waals surface area (Å²) in [6.07, 6.45) is 7.44. The highest BCUT2D eigenvalue weighted by Crippen LogP contribution is 2.29. The third-order valence-corrected chi connectivity index (χ3v) is 6.02. The predicted molar refractivity (Wildman–Crippen MR) is 113 cm³/mol. The van der Waals surface area contributed by atoms with Gasteiger partial charge in [0.05, 0.1) is 6.61 Å². The van der Waals surface area contributed by atoms with Crippen LogP contribution in [0.1, 0.15) is 43.7 Å². The fourth-order valence-electron chi connectivity index (χ4n) is 3.46. The molecule has 1 aromatic heterocycles. The van der Waals surface area contributed by atoms with E-state index >= 15 is 0 Å². The minimum Gasteiger partial charge on any atom is -0.494 e. The average Bonchev–Trinajstić information content (AvgIpc) is 2.73. The number of nitrogens with one attached hydrogen (secondary N) is 2. The summed E-state index contributed by atoms with van der Waals surface area (Å²) in [5.74, 6) is 1.23. The normalized spacial score (nSPS) is 19.2. The number of aryl methyl sites for hydroxylation is 1. The molecule has 5 nitrogen and oxygen atoms in total. The third kappa shape index (κ3) is 5.97. The lowest BCUT2D eigenvalue weighted by Crippen LogP contribution is -2.36. The zero-order valence-corrected chi connectivity index (χ0v) is 17.4. The van der Waals surface area contributed by atoms with Gasteiger partial charge in [-0.2, -0.15) is 0 Å². The summed E-state index contributed by atoms with van der Waals surface area (Å²) in [6, 6.07) is 10.6. The third-order valence-electron chi connectivity index (χ3n) is 5.08. The molecule has 1 aliphatic rings. The Morgan fingerprint density at radius 1 is 1.25 bits per heavy atom. The number of rotatable bonds is 8. The van der Waals surface area contributed by atoms with Crippen molar-refractivity contribution in [3.8, 4) is 5.75 Å². The molecular formula is C22H29N3O2S. The number of hydrogen-bond donors (Lipinski definition) is 2. The fraction of sp³-hybridized carbons (Fsp3) is 0.455. The van der Waals surface area contributed by atoms with E-state index in [0.717, 1.165) is 42.6 Å². The number of nitrogens with zero attached hydrogens (tertiary/aromatic N) is 1. The second-order valence-electron chi connectivity index (χ2n) is 7.21. The molecule has 1 aromatic carbocycles. The molecule has 0 unspecified atom stereocenters. The molecular weight excluding hydrogens is 370 g/mol. The first kappa shape index (κ1) is 20.7. The summed E-state index contributed by atoms with van der Waals surface area (Å²) in [5, 5.41) is 3.05. The summed E-state index contributed by atoms with van der Waals surface area (Å²) in [7, 11) is 0. The zero-order chi connectivity index (χ0) is 19.8. The van der Waals surface area contributed by atoms with Crippen molar-refractivity contribution in [2.45, 2.75) is 57.0 Å². The molecule has 1 heterocycles. The molecule has 150 valence electrons. The highest BCUT2D eigenvalue weighted by atomic mass is 32.2. The summed E-state index contributed by atoms with van der Waals surface area (Å²) in [6.45, 7) is 5.31. The van der Waals surface area contributed by atoms with Crippen molar-refractivity contribution >= 4 is 17.9 Å². The van der Waals surface area contributed by atoms with Gasteiger partial charge in [0.25, 0.3) is 0 Å². The van der Waals surface area contributed by atoms with Gasteiger partial charge in [-0.15, -0.1) is 0 Å². The maximum absolute atomic E-state index is 12.4. The van der Waals surface area contributed by atoms with E-state index in [2.05, 4.69) is 34.1 Å². The van der Waals surface area contributed by atoms with E-state index in [1.807, 2.05) is 25.1 Å². The molecule has 0 atom stereocenters. The second kappa shape index (κ2) is 10.5. The van der Waals surface area contributed by atoms with E-state index in [1.54, 1.807) is 24.3 Å². The molecule has 2 aromatic rings. The maximum atomic E-state index is 12.4. The van der Waals surface area contributed by atoms with Crippen LogP contribution in [0.25, 0.3) is 0 Å². The van der Waals surface area contributed by atoms with Crippen LogP contribution >= 0.6 is 11.9 Å². The number of hydrogen-bond acceptors (Lipinski definition) is 5. The Morgan fingerprint density at radius 2 is 2.07 bits per heavy atom. The number of aromatic nitrogens is 1. The maximum Gasteiger partial charge on any atom is 0.223 e. The standard InChI is InChI=1S/C22H29N3O2S/c1-3-27-21-11-10-20(13-16(21)2)28-25-19-8-6-18(7-9-19)22(26)24-15-17-5-4-12-23-14-17/h4-5,10-14,18-19,25H,3,6-9,15H2,1-2H3,(H,24,26). The van der Waals surface area contributed by atoms with Crippen LogP contribution in [0.5, 0.6) is 5.75 Å². The van der Waals surface area contributed by atoms with Crippen LogP contribution in [0, 0.1) is 12.8 Å². The van der Waals surface area contributed by atoms with Crippen molar-refractivity contribution in [3.05, 3.63) is 53.9 Å². The van der Waals surface area contributed by atoms with Gasteiger partial charge in [-0.3, -0.25) is 14.5 Å². The van der Waals surface area contributed by atoms with Gasteiger partial charge in [0, 0.05) is 35.8 Å². The lowest BCUT2D eigenvalue weighted by Gasteiger charge is -2.28. The summed E-state index contributed by atoms with van der Waals surface area (Å²) >= 11 is 1.67. The molecule has 1 fully saturated rings. The van der Waals surface area contributed by atoms with Crippen molar-refractivity contribution in [2.24, 2.45) is 5.92 Å². The van der Waals surface area contributed by atoms with E-state index in [-0.39, 0.29) is 11.8 Å². The number of carbonyl (C=O) groups is 1. The molecule has 1 saturated carbocycles. The van der Waals surface area contributed by atoms with E-state index < -0.39 is 0 Å². The summed E-state index contributed by atoms with van der Waals surface area (Å²) < 4.78 is 9.17. The Hall–Kier alpha value is -2.05. The minimum atomic E-state index is 0.118. The highest BCUT2D eigenvalue weighted by Gasteiger charge is 2.26. The van der Waals surface area contributed by atoms with Gasteiger partial charge < -0.3 is 10.1 Å². The van der Waals surface area contributed by atoms with Crippen molar-refractivity contribution < 1.29 is 9.53 Å². The molecule has 0 spiro atoms. The number of benzene rings is 1. The molecule has 0 aliphatic heterocycles. The predicted octanol–water partition coefficient (Wildman–Crippen LogP) is 4.26. The van der Waals surface area contributed by atoms with Gasteiger partial charge in [-0.05, 0) is 86.9 Å². The molecule has 1 amide bonds. The lowest BCUT2D eigenvalue weighted by molar-refractivity contribution is -0.126. The largest absolute Gasteiger partial charge is 0.494 e. The van der Waals surface area contributed by atoms with Crippen LogP contribution in [-0.2, 0) is 11.3 Å². The Labute approximate surface area is 171 Å². The van der Waals surface area contributed by atoms with E-state index in [4.69, 9.17) is 4.74 Å². The number of pyridine rings is 1. The van der Waals surface area contributed by atoms with Gasteiger partial charge in [-0.1, -0.05) is 6.07 Å². The topological polar surface area (TPSA) is 63.2 Å². The van der Waals surface area contributed by atoms with Gasteiger partial charge in [0.2, 0.25) is 5.91 Å². The smallest absolute Gasteiger partial charge is 0.223 e. The van der Waals surface area contributed by atoms with Gasteiger partial charge in [-0.25, -0.2) is 0 Å². The van der Waals surface area contributed by atoms with Crippen molar-refractivity contribution in [2.75, 3.05) is 6.61 Å². The van der Waals surface area contributed by atoms with Crippen LogP contribution in [0.3, 0.4) is 0 Å². The molecule has 0 radical (unpaired) electrons. The fourth-order valence-corrected chi connectivity index (χ4v) is 4.37. The monoisotopic (exact) mass is 399 g/mol. The quantitative estimate of drug-likeness (QED) is 0.650. The molecule has 28 heavy (non-hydrogen) atoms. The van der Waals surface area contributed by atoms with Gasteiger partial charge >= 0.3 is 0 Å². The molecule has 0 bridgehead atoms. The van der Waals surface area contributed by atoms with Crippen molar-refractivity contribution in [3.63, 3.8) is 0 Å². The number of amides is 1. The minimum absolute atomic E-state index is 0.118.